The Balaban J connectivity index is 1.76. The first kappa shape index (κ1) is 23.2. The predicted octanol–water partition coefficient (Wildman–Crippen LogP) is 1.80. The lowest BCUT2D eigenvalue weighted by Gasteiger charge is -2.37. The number of rotatable bonds is 3. The van der Waals surface area contributed by atoms with Crippen molar-refractivity contribution in [2.45, 2.75) is 39.0 Å². The third-order valence-corrected chi connectivity index (χ3v) is 5.80. The molecule has 0 bridgehead atoms. The van der Waals surface area contributed by atoms with Gasteiger partial charge < -0.3 is 27.0 Å². The molecule has 0 atom stereocenters. The van der Waals surface area contributed by atoms with Gasteiger partial charge >= 0.3 is 0 Å². The maximum Gasteiger partial charge on any atom is 0.225 e. The third-order valence-electron chi connectivity index (χ3n) is 5.80. The van der Waals surface area contributed by atoms with Gasteiger partial charge in [-0.3, -0.25) is 4.79 Å². The predicted molar refractivity (Wildman–Crippen MR) is 128 cm³/mol. The maximum atomic E-state index is 12.9. The lowest BCUT2D eigenvalue weighted by molar-refractivity contribution is -0.137. The van der Waals surface area contributed by atoms with Gasteiger partial charge in [0.05, 0.1) is 5.57 Å². The molecule has 0 spiro atoms. The molecule has 1 aromatic heterocycles. The molecule has 0 aromatic carbocycles. The molecule has 3 rings (SSSR count). The van der Waals surface area contributed by atoms with Crippen molar-refractivity contribution >= 4 is 17.6 Å². The summed E-state index contributed by atoms with van der Waals surface area (Å²) in [6.07, 6.45) is 6.56. The number of hydrogen-bond acceptors (Lipinski definition) is 6. The minimum absolute atomic E-state index is 0.0463. The summed E-state index contributed by atoms with van der Waals surface area (Å²) in [6, 6.07) is 3.50. The fraction of sp³-hybridized carbons (Fsp3) is 0.458. The largest absolute Gasteiger partial charge is 0.401 e. The van der Waals surface area contributed by atoms with Gasteiger partial charge in [-0.1, -0.05) is 18.4 Å². The van der Waals surface area contributed by atoms with Crippen molar-refractivity contribution in [1.29, 1.82) is 0 Å². The molecule has 1 amide bonds. The number of carbonyl (C=O) groups excluding carboxylic acids is 1. The van der Waals surface area contributed by atoms with E-state index in [0.29, 0.717) is 36.0 Å². The van der Waals surface area contributed by atoms with Crippen molar-refractivity contribution in [2.24, 2.45) is 22.4 Å². The Labute approximate surface area is 190 Å². The Hall–Kier alpha value is -3.47. The number of hydrogen-bond donors (Lipinski definition) is 3. The van der Waals surface area contributed by atoms with Crippen LogP contribution in [-0.2, 0) is 4.79 Å². The Morgan fingerprint density at radius 2 is 1.81 bits per heavy atom. The smallest absolute Gasteiger partial charge is 0.225 e. The van der Waals surface area contributed by atoms with Crippen LogP contribution in [0, 0.1) is 17.8 Å². The van der Waals surface area contributed by atoms with Crippen LogP contribution in [-0.4, -0.2) is 52.7 Å². The van der Waals surface area contributed by atoms with Crippen LogP contribution in [0.5, 0.6) is 0 Å². The molecule has 8 nitrogen and oxygen atoms in total. The van der Waals surface area contributed by atoms with E-state index in [4.69, 9.17) is 17.2 Å². The average Bonchev–Trinajstić information content (AvgIpc) is 2.79. The van der Waals surface area contributed by atoms with E-state index in [2.05, 4.69) is 33.3 Å². The van der Waals surface area contributed by atoms with Gasteiger partial charge in [0.1, 0.15) is 17.5 Å². The summed E-state index contributed by atoms with van der Waals surface area (Å²) in [5.74, 6) is 7.74. The minimum Gasteiger partial charge on any atom is -0.401 e. The first-order valence-corrected chi connectivity index (χ1v) is 11.1. The molecule has 32 heavy (non-hydrogen) atoms. The summed E-state index contributed by atoms with van der Waals surface area (Å²) >= 11 is 0. The highest BCUT2D eigenvalue weighted by Crippen LogP contribution is 2.24. The molecule has 2 fully saturated rings. The van der Waals surface area contributed by atoms with Gasteiger partial charge in [0, 0.05) is 49.6 Å². The summed E-state index contributed by atoms with van der Waals surface area (Å²) in [5.41, 5.74) is 19.5. The Morgan fingerprint density at radius 1 is 1.12 bits per heavy atom. The van der Waals surface area contributed by atoms with E-state index in [1.54, 1.807) is 25.3 Å². The number of aliphatic imine (C=N–C) groups is 1. The van der Waals surface area contributed by atoms with Gasteiger partial charge in [-0.25, -0.2) is 9.98 Å². The van der Waals surface area contributed by atoms with Crippen molar-refractivity contribution in [3.63, 3.8) is 0 Å². The Bertz CT molecular complexity index is 950. The van der Waals surface area contributed by atoms with Gasteiger partial charge in [-0.2, -0.15) is 0 Å². The van der Waals surface area contributed by atoms with Crippen molar-refractivity contribution in [1.82, 2.24) is 14.8 Å². The van der Waals surface area contributed by atoms with Crippen LogP contribution in [0.4, 0.5) is 5.82 Å². The normalized spacial score (nSPS) is 18.5. The number of nitrogens with zero attached hydrogens (tertiary/aromatic N) is 4. The van der Waals surface area contributed by atoms with Crippen LogP contribution < -0.4 is 17.2 Å². The first-order valence-electron chi connectivity index (χ1n) is 11.1. The highest BCUT2D eigenvalue weighted by atomic mass is 16.2. The third kappa shape index (κ3) is 6.03. The van der Waals surface area contributed by atoms with Crippen LogP contribution in [0.2, 0.25) is 0 Å². The monoisotopic (exact) mass is 435 g/mol. The SMILES string of the molecule is C=C(N)N=C(/C(C#Cc1ccc(N)nc1)=C(/C)N)N1CCC(C(=O)N2CCCCC2)CC1. The number of piperidine rings is 2. The van der Waals surface area contributed by atoms with Gasteiger partial charge in [0.15, 0.2) is 0 Å². The number of nitrogen functional groups attached to an aromatic ring is 1. The molecule has 0 unspecified atom stereocenters. The Morgan fingerprint density at radius 3 is 2.38 bits per heavy atom. The highest BCUT2D eigenvalue weighted by molar-refractivity contribution is 6.03. The summed E-state index contributed by atoms with van der Waals surface area (Å²) < 4.78 is 0. The molecular formula is C24H33N7O. The van der Waals surface area contributed by atoms with Gasteiger partial charge in [-0.05, 0) is 51.2 Å². The van der Waals surface area contributed by atoms with Crippen LogP contribution in [0.15, 0.2) is 47.0 Å². The number of aromatic nitrogens is 1. The molecule has 6 N–H and O–H groups in total. The van der Waals surface area contributed by atoms with Crippen molar-refractivity contribution in [2.75, 3.05) is 31.9 Å². The molecule has 2 aliphatic heterocycles. The fourth-order valence-electron chi connectivity index (χ4n) is 4.08. The van der Waals surface area contributed by atoms with E-state index in [1.165, 1.54) is 6.42 Å². The zero-order valence-corrected chi connectivity index (χ0v) is 18.8. The summed E-state index contributed by atoms with van der Waals surface area (Å²) in [7, 11) is 0. The zero-order valence-electron chi connectivity index (χ0n) is 18.8. The van der Waals surface area contributed by atoms with E-state index in [-0.39, 0.29) is 17.6 Å². The number of nitrogens with two attached hydrogens (primary N) is 3. The van der Waals surface area contributed by atoms with Crippen LogP contribution in [0.25, 0.3) is 0 Å². The molecule has 2 aliphatic rings. The summed E-state index contributed by atoms with van der Waals surface area (Å²) in [6.45, 7) is 8.64. The molecule has 3 heterocycles. The molecule has 170 valence electrons. The zero-order chi connectivity index (χ0) is 23.1. The lowest BCUT2D eigenvalue weighted by atomic mass is 9.93. The number of pyridine rings is 1. The number of amidine groups is 1. The van der Waals surface area contributed by atoms with E-state index in [9.17, 15) is 4.79 Å². The summed E-state index contributed by atoms with van der Waals surface area (Å²) in [5, 5.41) is 0. The number of allylic oxidation sites excluding steroid dienone is 1. The van der Waals surface area contributed by atoms with E-state index < -0.39 is 0 Å². The van der Waals surface area contributed by atoms with Crippen molar-refractivity contribution in [3.8, 4) is 11.8 Å². The van der Waals surface area contributed by atoms with Gasteiger partial charge in [-0.15, -0.1) is 0 Å². The fourth-order valence-corrected chi connectivity index (χ4v) is 4.08. The Kier molecular flexibility index (Phi) is 7.77. The van der Waals surface area contributed by atoms with Crippen molar-refractivity contribution < 1.29 is 4.79 Å². The second kappa shape index (κ2) is 10.7. The summed E-state index contributed by atoms with van der Waals surface area (Å²) in [4.78, 5) is 25.6. The maximum absolute atomic E-state index is 12.9. The van der Waals surface area contributed by atoms with Crippen LogP contribution in [0.1, 0.15) is 44.6 Å². The average molecular weight is 436 g/mol. The molecule has 2 saturated heterocycles. The second-order valence-electron chi connectivity index (χ2n) is 8.35. The molecule has 8 heteroatoms. The standard InChI is InChI=1S/C24H33N7O/c1-17(25)21(8-6-19-7-9-22(27)28-16-19)23(29-18(2)26)30-14-10-20(11-15-30)24(32)31-12-4-3-5-13-31/h7,9,16,20H,2-5,10-15,25-26H2,1H3,(H2,27,28)/b21-17-,29-23?. The van der Waals surface area contributed by atoms with Crippen molar-refractivity contribution in [3.05, 3.63) is 47.6 Å². The second-order valence-corrected chi connectivity index (χ2v) is 8.35. The van der Waals surface area contributed by atoms with Crippen LogP contribution in [0.3, 0.4) is 0 Å². The molecular weight excluding hydrogens is 402 g/mol. The molecule has 1 aromatic rings. The minimum atomic E-state index is 0.0463. The van der Waals surface area contributed by atoms with Gasteiger partial charge in [0.2, 0.25) is 5.91 Å². The molecule has 0 saturated carbocycles. The topological polar surface area (TPSA) is 127 Å². The molecule has 0 aliphatic carbocycles. The number of anilines is 1. The first-order chi connectivity index (χ1) is 15.3. The lowest BCUT2D eigenvalue weighted by Crippen LogP contribution is -2.46. The quantitative estimate of drug-likeness (QED) is 0.377. The van der Waals surface area contributed by atoms with Crippen LogP contribution >= 0.6 is 0 Å². The number of likely N-dealkylation sites (tertiary alicyclic amines) is 2. The number of amides is 1. The molecule has 0 radical (unpaired) electrons. The highest BCUT2D eigenvalue weighted by Gasteiger charge is 2.31. The van der Waals surface area contributed by atoms with E-state index in [0.717, 1.165) is 44.3 Å². The van der Waals surface area contributed by atoms with Gasteiger partial charge in [0.25, 0.3) is 0 Å². The van der Waals surface area contributed by atoms with E-state index >= 15 is 0 Å². The van der Waals surface area contributed by atoms with E-state index in [1.807, 2.05) is 4.90 Å². The number of carbonyl (C=O) groups is 1.